The van der Waals surface area contributed by atoms with E-state index in [-0.39, 0.29) is 30.7 Å². The highest BCUT2D eigenvalue weighted by molar-refractivity contribution is 5.97. The van der Waals surface area contributed by atoms with E-state index in [0.29, 0.717) is 0 Å². The molecule has 1 aromatic rings. The van der Waals surface area contributed by atoms with Crippen molar-refractivity contribution in [2.24, 2.45) is 0 Å². The van der Waals surface area contributed by atoms with Gasteiger partial charge in [0.2, 0.25) is 0 Å². The molecule has 0 radical (unpaired) electrons. The molecule has 8 heteroatoms. The van der Waals surface area contributed by atoms with Gasteiger partial charge in [-0.15, -0.1) is 0 Å². The van der Waals surface area contributed by atoms with Crippen LogP contribution in [0.3, 0.4) is 0 Å². The molecule has 1 aliphatic rings. The Morgan fingerprint density at radius 2 is 2.05 bits per heavy atom. The van der Waals surface area contributed by atoms with Gasteiger partial charge >= 0.3 is 6.18 Å². The highest BCUT2D eigenvalue weighted by Gasteiger charge is 2.41. The highest BCUT2D eigenvalue weighted by Crippen LogP contribution is 2.26. The summed E-state index contributed by atoms with van der Waals surface area (Å²) in [6, 6.07) is 0.844. The molecular formula is C13H14F4N2O2. The summed E-state index contributed by atoms with van der Waals surface area (Å²) in [5.74, 6) is -1.79. The van der Waals surface area contributed by atoms with Gasteiger partial charge in [-0.2, -0.15) is 13.2 Å². The molecule has 1 aromatic carbocycles. The fourth-order valence-electron chi connectivity index (χ4n) is 2.21. The molecule has 2 unspecified atom stereocenters. The van der Waals surface area contributed by atoms with Gasteiger partial charge in [-0.3, -0.25) is 4.79 Å². The van der Waals surface area contributed by atoms with Crippen molar-refractivity contribution in [3.8, 4) is 5.75 Å². The number of hydrogen-bond acceptors (Lipinski definition) is 3. The first-order chi connectivity index (χ1) is 9.77. The molecule has 1 aliphatic heterocycles. The quantitative estimate of drug-likeness (QED) is 0.732. The lowest BCUT2D eigenvalue weighted by molar-refractivity contribution is -0.160. The largest absolute Gasteiger partial charge is 0.507 e. The summed E-state index contributed by atoms with van der Waals surface area (Å²) in [5, 5.41) is 14.3. The fraction of sp³-hybridized carbons (Fsp3) is 0.462. The van der Waals surface area contributed by atoms with Gasteiger partial charge in [0.05, 0.1) is 5.56 Å². The molecule has 1 saturated heterocycles. The molecule has 1 fully saturated rings. The van der Waals surface area contributed by atoms with Crippen LogP contribution in [-0.4, -0.2) is 35.8 Å². The zero-order valence-corrected chi connectivity index (χ0v) is 10.9. The fourth-order valence-corrected chi connectivity index (χ4v) is 2.21. The Bertz CT molecular complexity index is 525. The standard InChI is InChI=1S/C13H14F4N2O2/c14-7-1-3-10(20)9(5-7)12(21)19-8-2-4-11(18-6-8)13(15,16)17/h1,3,5,8,11,18,20H,2,4,6H2,(H,19,21). The zero-order valence-electron chi connectivity index (χ0n) is 10.9. The molecule has 4 nitrogen and oxygen atoms in total. The lowest BCUT2D eigenvalue weighted by Gasteiger charge is -2.31. The lowest BCUT2D eigenvalue weighted by atomic mass is 10.00. The molecule has 2 atom stereocenters. The number of benzene rings is 1. The van der Waals surface area contributed by atoms with Crippen molar-refractivity contribution < 1.29 is 27.5 Å². The maximum atomic E-state index is 13.0. The van der Waals surface area contributed by atoms with E-state index in [2.05, 4.69) is 10.6 Å². The summed E-state index contributed by atoms with van der Waals surface area (Å²) in [4.78, 5) is 11.9. The summed E-state index contributed by atoms with van der Waals surface area (Å²) in [7, 11) is 0. The van der Waals surface area contributed by atoms with Gasteiger partial charge in [-0.1, -0.05) is 0 Å². The third-order valence-corrected chi connectivity index (χ3v) is 3.35. The number of piperidine rings is 1. The van der Waals surface area contributed by atoms with Gasteiger partial charge in [0.1, 0.15) is 17.6 Å². The first kappa shape index (κ1) is 15.6. The van der Waals surface area contributed by atoms with Crippen LogP contribution in [-0.2, 0) is 0 Å². The summed E-state index contributed by atoms with van der Waals surface area (Å²) < 4.78 is 50.4. The third kappa shape index (κ3) is 3.84. The van der Waals surface area contributed by atoms with Crippen LogP contribution in [0.4, 0.5) is 17.6 Å². The molecule has 21 heavy (non-hydrogen) atoms. The number of hydrogen-bond donors (Lipinski definition) is 3. The number of carbonyl (C=O) groups excluding carboxylic acids is 1. The van der Waals surface area contributed by atoms with E-state index in [4.69, 9.17) is 0 Å². The Balaban J connectivity index is 1.94. The Morgan fingerprint density at radius 1 is 1.33 bits per heavy atom. The van der Waals surface area contributed by atoms with Crippen molar-refractivity contribution in [1.29, 1.82) is 0 Å². The van der Waals surface area contributed by atoms with E-state index in [0.717, 1.165) is 18.2 Å². The van der Waals surface area contributed by atoms with Crippen molar-refractivity contribution in [2.75, 3.05) is 6.54 Å². The maximum Gasteiger partial charge on any atom is 0.403 e. The molecule has 1 amide bonds. The van der Waals surface area contributed by atoms with Gasteiger partial charge in [-0.05, 0) is 31.0 Å². The van der Waals surface area contributed by atoms with Crippen molar-refractivity contribution >= 4 is 5.91 Å². The lowest BCUT2D eigenvalue weighted by Crippen LogP contribution is -2.54. The summed E-state index contributed by atoms with van der Waals surface area (Å²) in [6.07, 6.45) is -4.31. The van der Waals surface area contributed by atoms with Crippen LogP contribution in [0.15, 0.2) is 18.2 Å². The van der Waals surface area contributed by atoms with Gasteiger partial charge in [0.15, 0.2) is 0 Å². The minimum absolute atomic E-state index is 0.0357. The number of carbonyl (C=O) groups is 1. The SMILES string of the molecule is O=C(NC1CCC(C(F)(F)F)NC1)c1cc(F)ccc1O. The molecule has 0 bridgehead atoms. The second-order valence-corrected chi connectivity index (χ2v) is 4.91. The van der Waals surface area contributed by atoms with Crippen LogP contribution in [0.2, 0.25) is 0 Å². The van der Waals surface area contributed by atoms with E-state index < -0.39 is 30.0 Å². The van der Waals surface area contributed by atoms with E-state index >= 15 is 0 Å². The average Bonchev–Trinajstić information content (AvgIpc) is 2.41. The predicted molar refractivity (Wildman–Crippen MR) is 66.4 cm³/mol. The molecule has 2 rings (SSSR count). The van der Waals surface area contributed by atoms with E-state index in [1.54, 1.807) is 0 Å². The monoisotopic (exact) mass is 306 g/mol. The van der Waals surface area contributed by atoms with Crippen LogP contribution in [0.25, 0.3) is 0 Å². The topological polar surface area (TPSA) is 61.4 Å². The number of aromatic hydroxyl groups is 1. The molecule has 0 aliphatic carbocycles. The summed E-state index contributed by atoms with van der Waals surface area (Å²) in [5.41, 5.74) is -0.243. The second kappa shape index (κ2) is 5.88. The first-order valence-corrected chi connectivity index (χ1v) is 6.37. The maximum absolute atomic E-state index is 13.0. The van der Waals surface area contributed by atoms with E-state index in [1.807, 2.05) is 0 Å². The molecule has 0 saturated carbocycles. The Hall–Kier alpha value is -1.83. The molecule has 0 aromatic heterocycles. The predicted octanol–water partition coefficient (Wildman–Crippen LogP) is 1.94. The Morgan fingerprint density at radius 3 is 2.62 bits per heavy atom. The molecule has 116 valence electrons. The molecule has 1 heterocycles. The average molecular weight is 306 g/mol. The van der Waals surface area contributed by atoms with Crippen molar-refractivity contribution in [2.45, 2.75) is 31.1 Å². The van der Waals surface area contributed by atoms with Crippen LogP contribution >= 0.6 is 0 Å². The number of phenolic OH excluding ortho intramolecular Hbond substituents is 1. The highest BCUT2D eigenvalue weighted by atomic mass is 19.4. The van der Waals surface area contributed by atoms with Crippen LogP contribution in [0.5, 0.6) is 5.75 Å². The van der Waals surface area contributed by atoms with Gasteiger partial charge < -0.3 is 15.7 Å². The van der Waals surface area contributed by atoms with E-state index in [1.165, 1.54) is 0 Å². The Labute approximate surface area is 118 Å². The van der Waals surface area contributed by atoms with Gasteiger partial charge in [0, 0.05) is 12.6 Å². The molecular weight excluding hydrogens is 292 g/mol. The summed E-state index contributed by atoms with van der Waals surface area (Å²) >= 11 is 0. The number of halogens is 4. The first-order valence-electron chi connectivity index (χ1n) is 6.37. The normalized spacial score (nSPS) is 22.9. The van der Waals surface area contributed by atoms with Crippen LogP contribution < -0.4 is 10.6 Å². The van der Waals surface area contributed by atoms with Crippen molar-refractivity contribution in [3.63, 3.8) is 0 Å². The number of rotatable bonds is 2. The van der Waals surface area contributed by atoms with Crippen LogP contribution in [0.1, 0.15) is 23.2 Å². The molecule has 3 N–H and O–H groups in total. The minimum atomic E-state index is -4.31. The second-order valence-electron chi connectivity index (χ2n) is 4.91. The Kier molecular flexibility index (Phi) is 4.36. The number of alkyl halides is 3. The smallest absolute Gasteiger partial charge is 0.403 e. The number of amides is 1. The minimum Gasteiger partial charge on any atom is -0.507 e. The third-order valence-electron chi connectivity index (χ3n) is 3.35. The van der Waals surface area contributed by atoms with Crippen molar-refractivity contribution in [1.82, 2.24) is 10.6 Å². The molecule has 0 spiro atoms. The van der Waals surface area contributed by atoms with Gasteiger partial charge in [-0.25, -0.2) is 4.39 Å². The van der Waals surface area contributed by atoms with Crippen LogP contribution in [0, 0.1) is 5.82 Å². The summed E-state index contributed by atoms with van der Waals surface area (Å²) in [6.45, 7) is -0.0357. The van der Waals surface area contributed by atoms with Crippen molar-refractivity contribution in [3.05, 3.63) is 29.6 Å². The number of nitrogens with one attached hydrogen (secondary N) is 2. The number of phenols is 1. The van der Waals surface area contributed by atoms with E-state index in [9.17, 15) is 27.5 Å². The zero-order chi connectivity index (χ0) is 15.6. The van der Waals surface area contributed by atoms with Gasteiger partial charge in [0.25, 0.3) is 5.91 Å².